The van der Waals surface area contributed by atoms with E-state index < -0.39 is 20.0 Å². The SMILES string of the molecule is CNCC1CCN(S(=O)(=O)N(C)CCS(C)(=O)=O)CC1. The summed E-state index contributed by atoms with van der Waals surface area (Å²) in [4.78, 5) is 0. The highest BCUT2D eigenvalue weighted by Gasteiger charge is 2.31. The molecule has 0 spiro atoms. The van der Waals surface area contributed by atoms with Gasteiger partial charge >= 0.3 is 0 Å². The van der Waals surface area contributed by atoms with E-state index in [1.54, 1.807) is 0 Å². The van der Waals surface area contributed by atoms with Gasteiger partial charge in [0, 0.05) is 32.9 Å². The molecule has 1 fully saturated rings. The number of sulfone groups is 1. The molecule has 1 N–H and O–H groups in total. The lowest BCUT2D eigenvalue weighted by Gasteiger charge is -2.33. The molecule has 20 heavy (non-hydrogen) atoms. The molecule has 0 aromatic heterocycles. The third-order valence-corrected chi connectivity index (χ3v) is 6.48. The summed E-state index contributed by atoms with van der Waals surface area (Å²) in [5.41, 5.74) is 0. The summed E-state index contributed by atoms with van der Waals surface area (Å²) < 4.78 is 49.4. The summed E-state index contributed by atoms with van der Waals surface area (Å²) in [7, 11) is -3.38. The van der Waals surface area contributed by atoms with E-state index >= 15 is 0 Å². The summed E-state index contributed by atoms with van der Waals surface area (Å²) in [5.74, 6) is 0.353. The zero-order valence-corrected chi connectivity index (χ0v) is 14.0. The fourth-order valence-electron chi connectivity index (χ4n) is 2.24. The Bertz CT molecular complexity index is 496. The van der Waals surface area contributed by atoms with Crippen molar-refractivity contribution in [3.8, 4) is 0 Å². The predicted octanol–water partition coefficient (Wildman–Crippen LogP) is -0.861. The van der Waals surface area contributed by atoms with Gasteiger partial charge in [0.15, 0.2) is 0 Å². The number of rotatable bonds is 7. The molecule has 0 amide bonds. The number of nitrogens with one attached hydrogen (secondary N) is 1. The van der Waals surface area contributed by atoms with Crippen molar-refractivity contribution in [1.29, 1.82) is 0 Å². The lowest BCUT2D eigenvalue weighted by molar-refractivity contribution is 0.257. The standard InChI is InChI=1S/C11H25N3O4S2/c1-12-10-11-4-6-14(7-5-11)20(17,18)13(2)8-9-19(3,15)16/h11-12H,4-10H2,1-3H3. The highest BCUT2D eigenvalue weighted by Crippen LogP contribution is 2.20. The van der Waals surface area contributed by atoms with Crippen molar-refractivity contribution in [2.24, 2.45) is 5.92 Å². The Hall–Kier alpha value is -0.220. The van der Waals surface area contributed by atoms with Crippen molar-refractivity contribution >= 4 is 20.0 Å². The van der Waals surface area contributed by atoms with Gasteiger partial charge < -0.3 is 5.32 Å². The maximum absolute atomic E-state index is 12.3. The maximum atomic E-state index is 12.3. The fraction of sp³-hybridized carbons (Fsp3) is 1.00. The lowest BCUT2D eigenvalue weighted by Crippen LogP contribution is -2.47. The minimum atomic E-state index is -3.54. The van der Waals surface area contributed by atoms with Crippen LogP contribution in [0.3, 0.4) is 0 Å². The third kappa shape index (κ3) is 5.28. The van der Waals surface area contributed by atoms with Crippen molar-refractivity contribution in [2.75, 3.05) is 52.3 Å². The van der Waals surface area contributed by atoms with Gasteiger partial charge in [-0.1, -0.05) is 0 Å². The summed E-state index contributed by atoms with van der Waals surface area (Å²) in [5, 5.41) is 3.11. The first-order valence-electron chi connectivity index (χ1n) is 6.70. The van der Waals surface area contributed by atoms with E-state index in [9.17, 15) is 16.8 Å². The Morgan fingerprint density at radius 1 is 1.20 bits per heavy atom. The van der Waals surface area contributed by atoms with E-state index in [-0.39, 0.29) is 12.3 Å². The van der Waals surface area contributed by atoms with E-state index in [0.717, 1.165) is 29.9 Å². The molecule has 1 heterocycles. The van der Waals surface area contributed by atoms with Gasteiger partial charge in [0.05, 0.1) is 5.75 Å². The average molecular weight is 327 g/mol. The molecule has 1 aliphatic heterocycles. The van der Waals surface area contributed by atoms with Gasteiger partial charge in [-0.25, -0.2) is 8.42 Å². The summed E-state index contributed by atoms with van der Waals surface area (Å²) >= 11 is 0. The second kappa shape index (κ2) is 7.17. The Balaban J connectivity index is 2.57. The van der Waals surface area contributed by atoms with E-state index in [4.69, 9.17) is 0 Å². The molecule has 0 radical (unpaired) electrons. The van der Waals surface area contributed by atoms with Crippen LogP contribution in [0.5, 0.6) is 0 Å². The van der Waals surface area contributed by atoms with Crippen molar-refractivity contribution in [3.05, 3.63) is 0 Å². The minimum Gasteiger partial charge on any atom is -0.319 e. The molecule has 0 bridgehead atoms. The molecule has 0 aliphatic carbocycles. The smallest absolute Gasteiger partial charge is 0.281 e. The first kappa shape index (κ1) is 17.8. The molecule has 0 aromatic rings. The van der Waals surface area contributed by atoms with Crippen LogP contribution in [0, 0.1) is 5.92 Å². The summed E-state index contributed by atoms with van der Waals surface area (Å²) in [6.45, 7) is 1.89. The highest BCUT2D eigenvalue weighted by molar-refractivity contribution is 7.90. The van der Waals surface area contributed by atoms with Gasteiger partial charge in [-0.15, -0.1) is 0 Å². The minimum absolute atomic E-state index is 0.00237. The van der Waals surface area contributed by atoms with Crippen molar-refractivity contribution in [2.45, 2.75) is 12.8 Å². The Labute approximate surface area is 122 Å². The Morgan fingerprint density at radius 3 is 2.20 bits per heavy atom. The first-order valence-corrected chi connectivity index (χ1v) is 10.2. The second-order valence-electron chi connectivity index (χ2n) is 5.36. The van der Waals surface area contributed by atoms with Gasteiger partial charge in [0.1, 0.15) is 9.84 Å². The van der Waals surface area contributed by atoms with Crippen LogP contribution in [-0.2, 0) is 20.0 Å². The number of hydrogen-bond acceptors (Lipinski definition) is 5. The second-order valence-corrected chi connectivity index (χ2v) is 9.65. The highest BCUT2D eigenvalue weighted by atomic mass is 32.2. The quantitative estimate of drug-likeness (QED) is 0.657. The maximum Gasteiger partial charge on any atom is 0.281 e. The number of piperidine rings is 1. The van der Waals surface area contributed by atoms with E-state index in [1.165, 1.54) is 11.4 Å². The first-order chi connectivity index (χ1) is 9.16. The van der Waals surface area contributed by atoms with Gasteiger partial charge in [0.2, 0.25) is 0 Å². The lowest BCUT2D eigenvalue weighted by atomic mass is 9.98. The van der Waals surface area contributed by atoms with E-state index in [0.29, 0.717) is 19.0 Å². The predicted molar refractivity (Wildman–Crippen MR) is 79.5 cm³/mol. The van der Waals surface area contributed by atoms with Crippen LogP contribution in [0.15, 0.2) is 0 Å². The van der Waals surface area contributed by atoms with Crippen LogP contribution in [0.4, 0.5) is 0 Å². The van der Waals surface area contributed by atoms with Crippen LogP contribution >= 0.6 is 0 Å². The van der Waals surface area contributed by atoms with Crippen LogP contribution in [-0.4, -0.2) is 77.7 Å². The van der Waals surface area contributed by atoms with Gasteiger partial charge in [0.25, 0.3) is 10.2 Å². The largest absolute Gasteiger partial charge is 0.319 e. The van der Waals surface area contributed by atoms with E-state index in [1.807, 2.05) is 7.05 Å². The zero-order chi connectivity index (χ0) is 15.4. The molecule has 0 atom stereocenters. The fourth-order valence-corrected chi connectivity index (χ4v) is 4.35. The van der Waals surface area contributed by atoms with Crippen LogP contribution in [0.2, 0.25) is 0 Å². The molecular weight excluding hydrogens is 302 g/mol. The number of hydrogen-bond donors (Lipinski definition) is 1. The average Bonchev–Trinajstić information content (AvgIpc) is 2.36. The van der Waals surface area contributed by atoms with Crippen LogP contribution in [0.1, 0.15) is 12.8 Å². The van der Waals surface area contributed by atoms with Gasteiger partial charge in [-0.2, -0.15) is 17.0 Å². The molecule has 1 aliphatic rings. The van der Waals surface area contributed by atoms with Gasteiger partial charge in [-0.05, 0) is 32.4 Å². The van der Waals surface area contributed by atoms with Gasteiger partial charge in [-0.3, -0.25) is 0 Å². The molecule has 0 aromatic carbocycles. The molecule has 0 unspecified atom stereocenters. The van der Waals surface area contributed by atoms with Crippen molar-refractivity contribution in [1.82, 2.24) is 13.9 Å². The topological polar surface area (TPSA) is 86.8 Å². The molecule has 0 saturated carbocycles. The van der Waals surface area contributed by atoms with Crippen molar-refractivity contribution < 1.29 is 16.8 Å². The Kier molecular flexibility index (Phi) is 6.39. The summed E-state index contributed by atoms with van der Waals surface area (Å²) in [6.07, 6.45) is 2.77. The normalized spacial score (nSPS) is 19.6. The van der Waals surface area contributed by atoms with Crippen molar-refractivity contribution in [3.63, 3.8) is 0 Å². The molecule has 1 rings (SSSR count). The van der Waals surface area contributed by atoms with Crippen LogP contribution < -0.4 is 5.32 Å². The molecule has 7 nitrogen and oxygen atoms in total. The van der Waals surface area contributed by atoms with Crippen LogP contribution in [0.25, 0.3) is 0 Å². The third-order valence-electron chi connectivity index (χ3n) is 3.56. The monoisotopic (exact) mass is 327 g/mol. The number of nitrogens with zero attached hydrogens (tertiary/aromatic N) is 2. The molecule has 9 heteroatoms. The Morgan fingerprint density at radius 2 is 1.75 bits per heavy atom. The summed E-state index contributed by atoms with van der Waals surface area (Å²) in [6, 6.07) is 0. The molecule has 1 saturated heterocycles. The zero-order valence-electron chi connectivity index (χ0n) is 12.4. The molecule has 120 valence electrons. The van der Waals surface area contributed by atoms with E-state index in [2.05, 4.69) is 5.32 Å². The molecular formula is C11H25N3O4S2.